The van der Waals surface area contributed by atoms with E-state index >= 15 is 0 Å². The van der Waals surface area contributed by atoms with E-state index in [1.54, 1.807) is 18.3 Å². The lowest BCUT2D eigenvalue weighted by molar-refractivity contribution is -0.0286. The first kappa shape index (κ1) is 24.8. The van der Waals surface area contributed by atoms with Crippen molar-refractivity contribution in [1.29, 1.82) is 0 Å². The van der Waals surface area contributed by atoms with Crippen molar-refractivity contribution in [1.82, 2.24) is 19.4 Å². The molecule has 2 unspecified atom stereocenters. The van der Waals surface area contributed by atoms with E-state index in [0.717, 1.165) is 30.8 Å². The van der Waals surface area contributed by atoms with Gasteiger partial charge in [-0.25, -0.2) is 19.6 Å². The molecule has 0 radical (unpaired) electrons. The second-order valence-electron chi connectivity index (χ2n) is 9.39. The number of carbonyl (C=O) groups excluding carboxylic acids is 1. The van der Waals surface area contributed by atoms with E-state index in [-0.39, 0.29) is 12.6 Å². The van der Waals surface area contributed by atoms with Gasteiger partial charge in [-0.15, -0.1) is 0 Å². The summed E-state index contributed by atoms with van der Waals surface area (Å²) >= 11 is 0. The largest absolute Gasteiger partial charge is 0.494 e. The highest BCUT2D eigenvalue weighted by atomic mass is 16.5. The van der Waals surface area contributed by atoms with Crippen LogP contribution in [0.4, 0.5) is 10.6 Å². The number of carbonyl (C=O) groups is 2. The highest BCUT2D eigenvalue weighted by Gasteiger charge is 2.28. The number of aromatic nitrogens is 3. The predicted octanol–water partition coefficient (Wildman–Crippen LogP) is 3.26. The van der Waals surface area contributed by atoms with Gasteiger partial charge in [-0.1, -0.05) is 0 Å². The molecule has 196 valence electrons. The highest BCUT2D eigenvalue weighted by Crippen LogP contribution is 2.34. The van der Waals surface area contributed by atoms with E-state index in [0.29, 0.717) is 53.9 Å². The normalized spacial score (nSPS) is 19.9. The van der Waals surface area contributed by atoms with E-state index in [4.69, 9.17) is 24.2 Å². The second kappa shape index (κ2) is 10.3. The van der Waals surface area contributed by atoms with Crippen LogP contribution in [0, 0.1) is 0 Å². The maximum absolute atomic E-state index is 12.3. The number of carboxylic acid groups (broad SMARTS) is 1. The molecule has 2 atom stereocenters. The maximum atomic E-state index is 12.3. The second-order valence-corrected chi connectivity index (χ2v) is 9.39. The topological polar surface area (TPSA) is 119 Å². The van der Waals surface area contributed by atoms with Crippen molar-refractivity contribution < 1.29 is 28.9 Å². The highest BCUT2D eigenvalue weighted by molar-refractivity contribution is 5.97. The molecule has 2 aliphatic rings. The van der Waals surface area contributed by atoms with Gasteiger partial charge in [-0.2, -0.15) is 0 Å². The lowest BCUT2D eigenvalue weighted by Gasteiger charge is -2.31. The quantitative estimate of drug-likeness (QED) is 0.499. The molecule has 2 saturated heterocycles. The third-order valence-corrected chi connectivity index (χ3v) is 7.10. The average molecular weight is 510 g/mol. The first-order valence-electron chi connectivity index (χ1n) is 12.4. The molecule has 2 aliphatic heterocycles. The molecule has 5 rings (SSSR count). The first-order valence-corrected chi connectivity index (χ1v) is 12.4. The smallest absolute Gasteiger partial charge is 0.407 e. The first-order chi connectivity index (χ1) is 17.9. The van der Waals surface area contributed by atoms with E-state index in [1.807, 2.05) is 16.7 Å². The molecule has 3 aromatic rings. The fourth-order valence-corrected chi connectivity index (χ4v) is 5.19. The number of esters is 1. The van der Waals surface area contributed by atoms with Crippen molar-refractivity contribution in [3.05, 3.63) is 36.0 Å². The summed E-state index contributed by atoms with van der Waals surface area (Å²) in [4.78, 5) is 37.1. The van der Waals surface area contributed by atoms with Crippen LogP contribution in [-0.4, -0.2) is 89.2 Å². The molecule has 2 fully saturated rings. The van der Waals surface area contributed by atoms with E-state index in [2.05, 4.69) is 11.8 Å². The van der Waals surface area contributed by atoms with Crippen LogP contribution in [0.5, 0.6) is 5.75 Å². The Bertz CT molecular complexity index is 1310. The third kappa shape index (κ3) is 4.78. The number of hydrogen-bond acceptors (Lipinski definition) is 8. The van der Waals surface area contributed by atoms with Crippen molar-refractivity contribution >= 4 is 28.9 Å². The number of methoxy groups -OCH3 is 2. The SMILES string of the molecule is COC(=O)c1cc(OC)c2c(c1)nc(-c1ccc(N3CCCC3C)nc1)n2CC1CN(C(=O)O)CCO1. The van der Waals surface area contributed by atoms with E-state index < -0.39 is 12.1 Å². The molecule has 4 heterocycles. The van der Waals surface area contributed by atoms with Gasteiger partial charge in [0.1, 0.15) is 22.9 Å². The van der Waals surface area contributed by atoms with Crippen LogP contribution in [0.1, 0.15) is 30.1 Å². The van der Waals surface area contributed by atoms with E-state index in [1.165, 1.54) is 19.1 Å². The lowest BCUT2D eigenvalue weighted by Crippen LogP contribution is -2.46. The maximum Gasteiger partial charge on any atom is 0.407 e. The van der Waals surface area contributed by atoms with Crippen molar-refractivity contribution in [2.75, 3.05) is 45.4 Å². The fraction of sp³-hybridized carbons (Fsp3) is 0.462. The number of rotatable bonds is 6. The molecule has 0 spiro atoms. The van der Waals surface area contributed by atoms with Crippen molar-refractivity contribution in [2.45, 2.75) is 38.5 Å². The molecule has 37 heavy (non-hydrogen) atoms. The van der Waals surface area contributed by atoms with Crippen molar-refractivity contribution in [3.8, 4) is 17.1 Å². The van der Waals surface area contributed by atoms with Gasteiger partial charge >= 0.3 is 12.1 Å². The molecule has 2 aromatic heterocycles. The number of nitrogens with zero attached hydrogens (tertiary/aromatic N) is 5. The molecule has 0 saturated carbocycles. The summed E-state index contributed by atoms with van der Waals surface area (Å²) < 4.78 is 18.5. The molecule has 11 heteroatoms. The number of morpholine rings is 1. The summed E-state index contributed by atoms with van der Waals surface area (Å²) in [6.07, 6.45) is 2.74. The minimum Gasteiger partial charge on any atom is -0.494 e. The Balaban J connectivity index is 1.59. The molecule has 1 amide bonds. The molecular formula is C26H31N5O6. The average Bonchev–Trinajstić information content (AvgIpc) is 3.51. The Kier molecular flexibility index (Phi) is 6.88. The molecule has 0 aliphatic carbocycles. The molecule has 1 aromatic carbocycles. The van der Waals surface area contributed by atoms with Crippen LogP contribution in [0.3, 0.4) is 0 Å². The van der Waals surface area contributed by atoms with Gasteiger partial charge in [0.15, 0.2) is 0 Å². The minimum absolute atomic E-state index is 0.237. The number of anilines is 1. The zero-order chi connectivity index (χ0) is 26.1. The Morgan fingerprint density at radius 2 is 2.05 bits per heavy atom. The summed E-state index contributed by atoms with van der Waals surface area (Å²) in [6.45, 7) is 4.41. The molecule has 0 bridgehead atoms. The summed E-state index contributed by atoms with van der Waals surface area (Å²) in [5.74, 6) is 1.52. The number of hydrogen-bond donors (Lipinski definition) is 1. The lowest BCUT2D eigenvalue weighted by atomic mass is 10.1. The van der Waals surface area contributed by atoms with Gasteiger partial charge in [0.2, 0.25) is 0 Å². The number of ether oxygens (including phenoxy) is 3. The fourth-order valence-electron chi connectivity index (χ4n) is 5.19. The minimum atomic E-state index is -0.972. The summed E-state index contributed by atoms with van der Waals surface area (Å²) in [5, 5.41) is 9.48. The van der Waals surface area contributed by atoms with Gasteiger partial charge in [-0.3, -0.25) is 0 Å². The van der Waals surface area contributed by atoms with Crippen LogP contribution in [-0.2, 0) is 16.0 Å². The van der Waals surface area contributed by atoms with Crippen molar-refractivity contribution in [3.63, 3.8) is 0 Å². The zero-order valence-electron chi connectivity index (χ0n) is 21.2. The Hall–Kier alpha value is -3.86. The summed E-state index contributed by atoms with van der Waals surface area (Å²) in [5.41, 5.74) is 2.35. The summed E-state index contributed by atoms with van der Waals surface area (Å²) in [7, 11) is 2.86. The van der Waals surface area contributed by atoms with Crippen LogP contribution in [0.15, 0.2) is 30.5 Å². The molecule has 1 N–H and O–H groups in total. The van der Waals surface area contributed by atoms with Gasteiger partial charge in [0.05, 0.1) is 51.1 Å². The monoisotopic (exact) mass is 509 g/mol. The zero-order valence-corrected chi connectivity index (χ0v) is 21.2. The van der Waals surface area contributed by atoms with Crippen LogP contribution < -0.4 is 9.64 Å². The van der Waals surface area contributed by atoms with E-state index in [9.17, 15) is 14.7 Å². The number of amides is 1. The predicted molar refractivity (Wildman–Crippen MR) is 136 cm³/mol. The van der Waals surface area contributed by atoms with Gasteiger partial charge in [-0.05, 0) is 44.0 Å². The molecular weight excluding hydrogens is 478 g/mol. The number of pyridine rings is 1. The van der Waals surface area contributed by atoms with Crippen LogP contribution in [0.2, 0.25) is 0 Å². The van der Waals surface area contributed by atoms with Gasteiger partial charge < -0.3 is 33.7 Å². The Labute approximate surface area is 214 Å². The number of benzene rings is 1. The van der Waals surface area contributed by atoms with Crippen LogP contribution in [0.25, 0.3) is 22.4 Å². The Morgan fingerprint density at radius 1 is 1.22 bits per heavy atom. The van der Waals surface area contributed by atoms with Gasteiger partial charge in [0.25, 0.3) is 0 Å². The van der Waals surface area contributed by atoms with Crippen molar-refractivity contribution in [2.24, 2.45) is 0 Å². The number of imidazole rings is 1. The molecule has 11 nitrogen and oxygen atoms in total. The Morgan fingerprint density at radius 3 is 2.70 bits per heavy atom. The van der Waals surface area contributed by atoms with Gasteiger partial charge in [0, 0.05) is 30.9 Å². The number of fused-ring (bicyclic) bond motifs is 1. The summed E-state index contributed by atoms with van der Waals surface area (Å²) in [6, 6.07) is 7.73. The third-order valence-electron chi connectivity index (χ3n) is 7.10. The van der Waals surface area contributed by atoms with Crippen LogP contribution >= 0.6 is 0 Å². The standard InChI is InChI=1S/C26H31N5O6/c1-16-5-4-8-30(16)22-7-6-17(13-27-22)24-28-20-11-18(25(32)36-3)12-21(35-2)23(20)31(24)15-19-14-29(26(33)34)9-10-37-19/h6-7,11-13,16,19H,4-5,8-10,14-15H2,1-3H3,(H,33,34).